The predicted molar refractivity (Wildman–Crippen MR) is 59.0 cm³/mol. The van der Waals surface area contributed by atoms with E-state index in [1.807, 2.05) is 8.43 Å². The molecule has 0 bridgehead atoms. The Morgan fingerprint density at radius 2 is 0.533 bits per heavy atom. The van der Waals surface area contributed by atoms with E-state index in [2.05, 4.69) is 0 Å². The zero-order chi connectivity index (χ0) is 25.0. The second-order valence-corrected chi connectivity index (χ2v) is 13.1. The number of halogens is 18. The van der Waals surface area contributed by atoms with Gasteiger partial charge in [0.2, 0.25) is 0 Å². The number of hydrogen-bond acceptors (Lipinski definition) is 3. The van der Waals surface area contributed by atoms with E-state index >= 15 is 0 Å². The maximum Gasteiger partial charge on any atom is 0.554 e. The van der Waals surface area contributed by atoms with Crippen molar-refractivity contribution >= 4 is 24.9 Å². The Hall–Kier alpha value is -0.676. The van der Waals surface area contributed by atoms with Gasteiger partial charge in [0.15, 0.2) is 0 Å². The Morgan fingerprint density at radius 1 is 0.400 bits per heavy atom. The van der Waals surface area contributed by atoms with E-state index in [9.17, 15) is 83.6 Å². The SMILES string of the molecule is O=[PH](O[Si](C(F)(F)F)(C(F)(F)F)C(F)(F)F)O[Si](C(F)(F)F)(C(F)(F)F)C(F)(F)F. The summed E-state index contributed by atoms with van der Waals surface area (Å²) in [6, 6.07) is 0. The quantitative estimate of drug-likeness (QED) is 0.248. The average Bonchev–Trinajstić information content (AvgIpc) is 2.33. The van der Waals surface area contributed by atoms with Crippen LogP contribution in [0.3, 0.4) is 0 Å². The van der Waals surface area contributed by atoms with Crippen LogP contribution in [0.25, 0.3) is 0 Å². The van der Waals surface area contributed by atoms with Gasteiger partial charge in [-0.2, -0.15) is 79.0 Å². The highest BCUT2D eigenvalue weighted by Crippen LogP contribution is 2.59. The summed E-state index contributed by atoms with van der Waals surface area (Å²) in [5, 5.41) is 0. The monoisotopic (exact) mass is 550 g/mol. The maximum atomic E-state index is 12.5. The van der Waals surface area contributed by atoms with Crippen LogP contribution in [0.15, 0.2) is 0 Å². The molecule has 0 saturated heterocycles. The molecule has 0 saturated carbocycles. The molecule has 182 valence electrons. The molecule has 0 unspecified atom stereocenters. The van der Waals surface area contributed by atoms with Crippen LogP contribution in [0.4, 0.5) is 79.0 Å². The van der Waals surface area contributed by atoms with Gasteiger partial charge in [-0.15, -0.1) is 0 Å². The molecule has 0 fully saturated rings. The van der Waals surface area contributed by atoms with Crippen LogP contribution in [-0.2, 0) is 13.0 Å². The first-order valence-electron chi connectivity index (χ1n) is 5.92. The first kappa shape index (κ1) is 29.3. The van der Waals surface area contributed by atoms with Gasteiger partial charge in [-0.1, -0.05) is 0 Å². The smallest absolute Gasteiger partial charge is 0.327 e. The molecule has 3 nitrogen and oxygen atoms in total. The Labute approximate surface area is 153 Å². The molecule has 0 aromatic carbocycles. The average molecular weight is 550 g/mol. The largest absolute Gasteiger partial charge is 0.554 e. The second kappa shape index (κ2) is 7.72. The van der Waals surface area contributed by atoms with Crippen LogP contribution >= 0.6 is 8.25 Å². The highest BCUT2D eigenvalue weighted by Gasteiger charge is 2.93. The fourth-order valence-corrected chi connectivity index (χ4v) is 8.83. The van der Waals surface area contributed by atoms with Crippen molar-refractivity contribution in [3.8, 4) is 0 Å². The Kier molecular flexibility index (Phi) is 7.55. The van der Waals surface area contributed by atoms with Crippen molar-refractivity contribution in [1.82, 2.24) is 0 Å². The fraction of sp³-hybridized carbons (Fsp3) is 1.00. The van der Waals surface area contributed by atoms with E-state index in [1.165, 1.54) is 0 Å². The minimum absolute atomic E-state index is 2.00. The van der Waals surface area contributed by atoms with Crippen molar-refractivity contribution in [2.45, 2.75) is 34.8 Å². The van der Waals surface area contributed by atoms with E-state index in [-0.39, 0.29) is 0 Å². The Bertz CT molecular complexity index is 509. The van der Waals surface area contributed by atoms with E-state index in [0.717, 1.165) is 0 Å². The lowest BCUT2D eigenvalue weighted by atomic mass is 11.4. The molecule has 0 heterocycles. The lowest BCUT2D eigenvalue weighted by Crippen LogP contribution is -2.74. The van der Waals surface area contributed by atoms with Crippen LogP contribution in [0.1, 0.15) is 0 Å². The van der Waals surface area contributed by atoms with Crippen LogP contribution in [0.2, 0.25) is 0 Å². The van der Waals surface area contributed by atoms with E-state index in [1.54, 1.807) is 0 Å². The summed E-state index contributed by atoms with van der Waals surface area (Å²) < 4.78 is 240. The summed E-state index contributed by atoms with van der Waals surface area (Å²) in [6.07, 6.45) is 0. The van der Waals surface area contributed by atoms with Gasteiger partial charge in [0, 0.05) is 0 Å². The van der Waals surface area contributed by atoms with Crippen molar-refractivity contribution in [1.29, 1.82) is 0 Å². The van der Waals surface area contributed by atoms with Crippen molar-refractivity contribution < 1.29 is 92.0 Å². The predicted octanol–water partition coefficient (Wildman–Crippen LogP) is 5.91. The van der Waals surface area contributed by atoms with Crippen LogP contribution in [0, 0.1) is 0 Å². The normalized spacial score (nSPS) is 16.4. The Morgan fingerprint density at radius 3 is 0.633 bits per heavy atom. The van der Waals surface area contributed by atoms with Gasteiger partial charge in [0.1, 0.15) is 0 Å². The van der Waals surface area contributed by atoms with Crippen LogP contribution in [0.5, 0.6) is 0 Å². The summed E-state index contributed by atoms with van der Waals surface area (Å²) in [6.45, 7) is 0. The standard InChI is InChI=1S/C6HF18O3PSi2/c7-1(8,9)29(2(10,11)12,3(13,14)15)26-28(25)27-30(4(16,17)18,5(19,20)21)6(22,23)24/h28H. The molecule has 0 aromatic rings. The third kappa shape index (κ3) is 4.72. The topological polar surface area (TPSA) is 35.5 Å². The lowest BCUT2D eigenvalue weighted by molar-refractivity contribution is -0.186. The maximum absolute atomic E-state index is 12.5. The summed E-state index contributed by atoms with van der Waals surface area (Å²) in [4.78, 5) is 0. The highest BCUT2D eigenvalue weighted by molar-refractivity contribution is 7.38. The van der Waals surface area contributed by atoms with Gasteiger partial charge in [0.25, 0.3) is 0 Å². The van der Waals surface area contributed by atoms with Crippen molar-refractivity contribution in [3.05, 3.63) is 0 Å². The minimum atomic E-state index is -9.71. The van der Waals surface area contributed by atoms with Gasteiger partial charge >= 0.3 is 59.7 Å². The molecular formula is C6HF18O3PSi2. The molecule has 0 atom stereocenters. The van der Waals surface area contributed by atoms with E-state index in [0.29, 0.717) is 0 Å². The molecule has 0 spiro atoms. The molecule has 0 aliphatic heterocycles. The number of rotatable bonds is 4. The molecule has 0 aliphatic carbocycles. The molecule has 0 N–H and O–H groups in total. The second-order valence-electron chi connectivity index (χ2n) is 4.80. The van der Waals surface area contributed by atoms with Crippen LogP contribution in [-0.4, -0.2) is 51.4 Å². The fourth-order valence-electron chi connectivity index (χ4n) is 1.58. The summed E-state index contributed by atoms with van der Waals surface area (Å²) in [5.41, 5.74) is 0. The summed E-state index contributed by atoms with van der Waals surface area (Å²) in [5.74, 6) is -46.1. The molecule has 24 heteroatoms. The molecule has 30 heavy (non-hydrogen) atoms. The molecule has 0 radical (unpaired) electrons. The van der Waals surface area contributed by atoms with Gasteiger partial charge < -0.3 is 8.43 Å². The summed E-state index contributed by atoms with van der Waals surface area (Å²) in [7, 11) is -26.5. The zero-order valence-corrected chi connectivity index (χ0v) is 15.5. The lowest BCUT2D eigenvalue weighted by Gasteiger charge is -2.37. The van der Waals surface area contributed by atoms with Crippen LogP contribution < -0.4 is 0 Å². The minimum Gasteiger partial charge on any atom is -0.327 e. The van der Waals surface area contributed by atoms with Gasteiger partial charge in [-0.3, -0.25) is 4.57 Å². The van der Waals surface area contributed by atoms with Crippen molar-refractivity contribution in [3.63, 3.8) is 0 Å². The van der Waals surface area contributed by atoms with Gasteiger partial charge in [0.05, 0.1) is 0 Å². The van der Waals surface area contributed by atoms with E-state index in [4.69, 9.17) is 0 Å². The zero-order valence-electron chi connectivity index (χ0n) is 12.5. The first-order valence-corrected chi connectivity index (χ1v) is 11.0. The summed E-state index contributed by atoms with van der Waals surface area (Å²) >= 11 is 0. The molecule has 0 amide bonds. The third-order valence-electron chi connectivity index (χ3n) is 2.87. The van der Waals surface area contributed by atoms with Crippen molar-refractivity contribution in [2.75, 3.05) is 0 Å². The number of hydrogen-bond donors (Lipinski definition) is 0. The van der Waals surface area contributed by atoms with E-state index < -0.39 is 59.7 Å². The molecule has 0 rings (SSSR count). The van der Waals surface area contributed by atoms with Crippen molar-refractivity contribution in [2.24, 2.45) is 0 Å². The highest BCUT2D eigenvalue weighted by atomic mass is 31.1. The molecular weight excluding hydrogens is 549 g/mol. The Balaban J connectivity index is 6.78. The molecule has 0 aromatic heterocycles. The van der Waals surface area contributed by atoms with Gasteiger partial charge in [-0.05, 0) is 0 Å². The third-order valence-corrected chi connectivity index (χ3v) is 11.4. The van der Waals surface area contributed by atoms with Gasteiger partial charge in [-0.25, -0.2) is 0 Å². The first-order chi connectivity index (χ1) is 12.6. The molecule has 0 aliphatic rings. The number of alkyl halides is 18.